The zero-order valence-corrected chi connectivity index (χ0v) is 22.1. The van der Waals surface area contributed by atoms with Crippen LogP contribution in [0.5, 0.6) is 0 Å². The Morgan fingerprint density at radius 2 is 1.91 bits per heavy atom. The number of aromatic nitrogens is 3. The van der Waals surface area contributed by atoms with Crippen LogP contribution in [0.3, 0.4) is 0 Å². The van der Waals surface area contributed by atoms with E-state index in [1.165, 1.54) is 11.1 Å². The first kappa shape index (κ1) is 25.6. The number of benzene rings is 1. The molecule has 1 saturated heterocycles. The third kappa shape index (κ3) is 7.25. The number of hydrogen-bond donors (Lipinski definition) is 1. The minimum atomic E-state index is 0. The maximum absolute atomic E-state index is 5.45. The average molecular weight is 566 g/mol. The molecule has 3 heterocycles. The van der Waals surface area contributed by atoms with Crippen molar-refractivity contribution in [1.82, 2.24) is 29.9 Å². The predicted octanol–water partition coefficient (Wildman–Crippen LogP) is 2.70. The van der Waals surface area contributed by atoms with E-state index in [1.807, 2.05) is 18.5 Å². The van der Waals surface area contributed by atoms with Crippen LogP contribution in [0.25, 0.3) is 5.57 Å². The van der Waals surface area contributed by atoms with Crippen LogP contribution in [-0.2, 0) is 18.3 Å². The van der Waals surface area contributed by atoms with Crippen molar-refractivity contribution in [2.75, 3.05) is 52.5 Å². The van der Waals surface area contributed by atoms with Gasteiger partial charge in [-0.1, -0.05) is 36.4 Å². The molecule has 4 rings (SSSR count). The Bertz CT molecular complexity index is 922. The van der Waals surface area contributed by atoms with Gasteiger partial charge in [0.05, 0.1) is 13.2 Å². The second-order valence-electron chi connectivity index (χ2n) is 8.39. The van der Waals surface area contributed by atoms with Crippen LogP contribution in [0.4, 0.5) is 0 Å². The second kappa shape index (κ2) is 13.0. The molecule has 0 spiro atoms. The Hall–Kier alpha value is -1.98. The molecule has 0 bridgehead atoms. The zero-order valence-electron chi connectivity index (χ0n) is 19.7. The van der Waals surface area contributed by atoms with Crippen molar-refractivity contribution in [3.8, 4) is 0 Å². The van der Waals surface area contributed by atoms with Gasteiger partial charge in [-0.2, -0.15) is 0 Å². The predicted molar refractivity (Wildman–Crippen MR) is 143 cm³/mol. The van der Waals surface area contributed by atoms with Crippen LogP contribution < -0.4 is 5.32 Å². The van der Waals surface area contributed by atoms with E-state index in [4.69, 9.17) is 9.73 Å². The van der Waals surface area contributed by atoms with E-state index in [1.54, 1.807) is 0 Å². The van der Waals surface area contributed by atoms with Crippen molar-refractivity contribution < 1.29 is 4.74 Å². The maximum atomic E-state index is 5.45. The molecule has 9 heteroatoms. The normalized spacial score (nSPS) is 17.5. The number of morpholine rings is 1. The molecule has 8 nitrogen and oxygen atoms in total. The Kier molecular flexibility index (Phi) is 10.1. The molecular weight excluding hydrogens is 529 g/mol. The molecule has 0 saturated carbocycles. The van der Waals surface area contributed by atoms with Gasteiger partial charge >= 0.3 is 0 Å². The summed E-state index contributed by atoms with van der Waals surface area (Å²) in [6, 6.07) is 10.7. The SMILES string of the molecule is Cc1nnc(CN=C(NCCCN2CCOCC2)N2CC=C(c3ccccc3)CC2)n1C.I. The lowest BCUT2D eigenvalue weighted by molar-refractivity contribution is 0.0375. The number of aliphatic imine (C=N–C) groups is 1. The van der Waals surface area contributed by atoms with Crippen LogP contribution in [-0.4, -0.2) is 83.0 Å². The second-order valence-corrected chi connectivity index (χ2v) is 8.39. The Morgan fingerprint density at radius 3 is 2.58 bits per heavy atom. The number of ether oxygens (including phenoxy) is 1. The number of aryl methyl sites for hydroxylation is 1. The number of hydrogen-bond acceptors (Lipinski definition) is 5. The molecular formula is C24H36IN7O. The number of halogens is 1. The molecule has 1 N–H and O–H groups in total. The molecule has 180 valence electrons. The lowest BCUT2D eigenvalue weighted by atomic mass is 10.00. The van der Waals surface area contributed by atoms with Gasteiger partial charge in [-0.3, -0.25) is 4.90 Å². The Morgan fingerprint density at radius 1 is 1.12 bits per heavy atom. The topological polar surface area (TPSA) is 70.8 Å². The van der Waals surface area contributed by atoms with Crippen molar-refractivity contribution in [2.24, 2.45) is 12.0 Å². The number of guanidine groups is 1. The minimum absolute atomic E-state index is 0. The highest BCUT2D eigenvalue weighted by molar-refractivity contribution is 14.0. The lowest BCUT2D eigenvalue weighted by Crippen LogP contribution is -2.44. The summed E-state index contributed by atoms with van der Waals surface area (Å²) in [5.41, 5.74) is 2.73. The highest BCUT2D eigenvalue weighted by Crippen LogP contribution is 2.22. The van der Waals surface area contributed by atoms with Crippen LogP contribution in [0.1, 0.15) is 30.1 Å². The summed E-state index contributed by atoms with van der Waals surface area (Å²) in [5, 5.41) is 12.0. The molecule has 0 amide bonds. The van der Waals surface area contributed by atoms with Crippen LogP contribution in [0.15, 0.2) is 41.4 Å². The van der Waals surface area contributed by atoms with Crippen molar-refractivity contribution in [1.29, 1.82) is 0 Å². The van der Waals surface area contributed by atoms with Crippen molar-refractivity contribution in [2.45, 2.75) is 26.3 Å². The fraction of sp³-hybridized carbons (Fsp3) is 0.542. The molecule has 0 atom stereocenters. The number of nitrogens with one attached hydrogen (secondary N) is 1. The van der Waals surface area contributed by atoms with Gasteiger partial charge in [0, 0.05) is 39.8 Å². The highest BCUT2D eigenvalue weighted by atomic mass is 127. The molecule has 33 heavy (non-hydrogen) atoms. The first-order chi connectivity index (χ1) is 15.7. The van der Waals surface area contributed by atoms with Gasteiger partial charge in [0.15, 0.2) is 11.8 Å². The highest BCUT2D eigenvalue weighted by Gasteiger charge is 2.17. The molecule has 2 aromatic rings. The lowest BCUT2D eigenvalue weighted by Gasteiger charge is -2.30. The van der Waals surface area contributed by atoms with E-state index in [0.29, 0.717) is 6.54 Å². The monoisotopic (exact) mass is 565 g/mol. The molecule has 0 radical (unpaired) electrons. The van der Waals surface area contributed by atoms with E-state index in [9.17, 15) is 0 Å². The molecule has 1 fully saturated rings. The van der Waals surface area contributed by atoms with Crippen LogP contribution in [0, 0.1) is 6.92 Å². The quantitative estimate of drug-likeness (QED) is 0.241. The van der Waals surface area contributed by atoms with Gasteiger partial charge in [-0.25, -0.2) is 4.99 Å². The summed E-state index contributed by atoms with van der Waals surface area (Å²) >= 11 is 0. The van der Waals surface area contributed by atoms with Gasteiger partial charge in [-0.05, 0) is 37.4 Å². The summed E-state index contributed by atoms with van der Waals surface area (Å²) in [7, 11) is 1.99. The smallest absolute Gasteiger partial charge is 0.194 e. The summed E-state index contributed by atoms with van der Waals surface area (Å²) in [4.78, 5) is 9.73. The van der Waals surface area contributed by atoms with E-state index < -0.39 is 0 Å². The summed E-state index contributed by atoms with van der Waals surface area (Å²) in [5.74, 6) is 2.74. The fourth-order valence-corrected chi connectivity index (χ4v) is 4.11. The van der Waals surface area contributed by atoms with E-state index in [0.717, 1.165) is 82.9 Å². The van der Waals surface area contributed by atoms with Crippen LogP contribution >= 0.6 is 24.0 Å². The largest absolute Gasteiger partial charge is 0.379 e. The van der Waals surface area contributed by atoms with E-state index in [-0.39, 0.29) is 24.0 Å². The first-order valence-corrected chi connectivity index (χ1v) is 11.6. The van der Waals surface area contributed by atoms with Gasteiger partial charge in [0.2, 0.25) is 0 Å². The molecule has 2 aliphatic heterocycles. The standard InChI is InChI=1S/C24H35N7O.HI/c1-20-27-28-23(29(20)2)19-26-24(25-11-6-12-30-15-17-32-18-16-30)31-13-9-22(10-14-31)21-7-4-3-5-8-21;/h3-5,7-9H,6,10-19H2,1-2H3,(H,25,26);1H. The van der Waals surface area contributed by atoms with Gasteiger partial charge in [-0.15, -0.1) is 34.2 Å². The van der Waals surface area contributed by atoms with Gasteiger partial charge < -0.3 is 19.5 Å². The fourth-order valence-electron chi connectivity index (χ4n) is 4.11. The van der Waals surface area contributed by atoms with Gasteiger partial charge in [0.25, 0.3) is 0 Å². The molecule has 0 unspecified atom stereocenters. The maximum Gasteiger partial charge on any atom is 0.194 e. The Labute approximate surface area is 214 Å². The minimum Gasteiger partial charge on any atom is -0.379 e. The van der Waals surface area contributed by atoms with Crippen LogP contribution in [0.2, 0.25) is 0 Å². The number of rotatable bonds is 7. The first-order valence-electron chi connectivity index (χ1n) is 11.6. The number of nitrogens with zero attached hydrogens (tertiary/aromatic N) is 6. The molecule has 2 aliphatic rings. The average Bonchev–Trinajstić information content (AvgIpc) is 3.17. The zero-order chi connectivity index (χ0) is 22.2. The summed E-state index contributed by atoms with van der Waals surface area (Å²) in [6.07, 6.45) is 4.43. The van der Waals surface area contributed by atoms with Gasteiger partial charge in [0.1, 0.15) is 12.4 Å². The Balaban J connectivity index is 0.00000306. The van der Waals surface area contributed by atoms with Crippen molar-refractivity contribution >= 4 is 35.5 Å². The molecule has 0 aliphatic carbocycles. The third-order valence-corrected chi connectivity index (χ3v) is 6.24. The van der Waals surface area contributed by atoms with E-state index >= 15 is 0 Å². The van der Waals surface area contributed by atoms with Crippen molar-refractivity contribution in [3.05, 3.63) is 53.6 Å². The molecule has 1 aromatic heterocycles. The summed E-state index contributed by atoms with van der Waals surface area (Å²) in [6.45, 7) is 10.1. The summed E-state index contributed by atoms with van der Waals surface area (Å²) < 4.78 is 7.45. The van der Waals surface area contributed by atoms with Crippen molar-refractivity contribution in [3.63, 3.8) is 0 Å². The third-order valence-electron chi connectivity index (χ3n) is 6.24. The van der Waals surface area contributed by atoms with E-state index in [2.05, 4.69) is 61.7 Å². The molecule has 1 aromatic carbocycles.